The van der Waals surface area contributed by atoms with Crippen molar-refractivity contribution in [2.75, 3.05) is 20.6 Å². The maximum Gasteiger partial charge on any atom is 0.252 e. The van der Waals surface area contributed by atoms with Gasteiger partial charge in [-0.15, -0.1) is 0 Å². The molecule has 0 spiro atoms. The maximum atomic E-state index is 12.4. The van der Waals surface area contributed by atoms with Gasteiger partial charge in [-0.05, 0) is 26.0 Å². The second-order valence-electron chi connectivity index (χ2n) is 5.01. The standard InChI is InChI=1S/C12H19F2N3O2S/c1-15-6-10-5-11(7-17(10)9-3-4-9)20(18,19)16(2)8-12(13)14/h5,7,9,12,15H,3-4,6,8H2,1-2H3. The fraction of sp³-hybridized carbons (Fsp3) is 0.667. The van der Waals surface area contributed by atoms with E-state index in [0.717, 1.165) is 18.5 Å². The normalized spacial score (nSPS) is 16.3. The number of rotatable bonds is 7. The Morgan fingerprint density at radius 1 is 1.50 bits per heavy atom. The number of sulfonamides is 1. The van der Waals surface area contributed by atoms with Crippen molar-refractivity contribution >= 4 is 10.0 Å². The Morgan fingerprint density at radius 2 is 2.15 bits per heavy atom. The number of hydrogen-bond donors (Lipinski definition) is 1. The van der Waals surface area contributed by atoms with E-state index in [4.69, 9.17) is 0 Å². The monoisotopic (exact) mass is 307 g/mol. The van der Waals surface area contributed by atoms with E-state index in [1.807, 2.05) is 4.57 Å². The smallest absolute Gasteiger partial charge is 0.252 e. The summed E-state index contributed by atoms with van der Waals surface area (Å²) in [4.78, 5) is 0.0813. The first kappa shape index (κ1) is 15.4. The molecule has 0 saturated heterocycles. The molecule has 0 aromatic carbocycles. The zero-order chi connectivity index (χ0) is 14.9. The fourth-order valence-electron chi connectivity index (χ4n) is 2.13. The van der Waals surface area contributed by atoms with E-state index >= 15 is 0 Å². The number of hydrogen-bond acceptors (Lipinski definition) is 3. The van der Waals surface area contributed by atoms with Crippen molar-refractivity contribution in [3.8, 4) is 0 Å². The Bertz CT molecular complexity index is 567. The summed E-state index contributed by atoms with van der Waals surface area (Å²) < 4.78 is 51.8. The first-order valence-electron chi connectivity index (χ1n) is 6.46. The van der Waals surface area contributed by atoms with E-state index < -0.39 is 23.0 Å². The van der Waals surface area contributed by atoms with Gasteiger partial charge in [-0.3, -0.25) is 0 Å². The minimum atomic E-state index is -3.86. The van der Waals surface area contributed by atoms with Gasteiger partial charge in [0.1, 0.15) is 4.90 Å². The van der Waals surface area contributed by atoms with Gasteiger partial charge < -0.3 is 9.88 Å². The van der Waals surface area contributed by atoms with Crippen LogP contribution >= 0.6 is 0 Å². The molecule has 0 aliphatic heterocycles. The van der Waals surface area contributed by atoms with E-state index in [1.165, 1.54) is 7.05 Å². The Balaban J connectivity index is 2.29. The van der Waals surface area contributed by atoms with Crippen molar-refractivity contribution in [3.05, 3.63) is 18.0 Å². The van der Waals surface area contributed by atoms with Crippen LogP contribution in [0.1, 0.15) is 24.6 Å². The highest BCUT2D eigenvalue weighted by atomic mass is 32.2. The molecule has 0 radical (unpaired) electrons. The third-order valence-corrected chi connectivity index (χ3v) is 5.10. The minimum Gasteiger partial charge on any atom is -0.346 e. The summed E-state index contributed by atoms with van der Waals surface area (Å²) in [7, 11) is -0.902. The quantitative estimate of drug-likeness (QED) is 0.829. The molecule has 0 atom stereocenters. The third-order valence-electron chi connectivity index (χ3n) is 3.31. The summed E-state index contributed by atoms with van der Waals surface area (Å²) in [6.45, 7) is -0.247. The Kier molecular flexibility index (Phi) is 4.46. The number of aromatic nitrogens is 1. The van der Waals surface area contributed by atoms with Crippen molar-refractivity contribution < 1.29 is 17.2 Å². The van der Waals surface area contributed by atoms with Gasteiger partial charge in [0.05, 0.1) is 6.54 Å². The molecule has 5 nitrogen and oxygen atoms in total. The minimum absolute atomic E-state index is 0.0813. The molecule has 1 aliphatic carbocycles. The number of nitrogens with zero attached hydrogens (tertiary/aromatic N) is 2. The van der Waals surface area contributed by atoms with E-state index in [-0.39, 0.29) is 4.90 Å². The average Bonchev–Trinajstić information content (AvgIpc) is 3.10. The van der Waals surface area contributed by atoms with Crippen molar-refractivity contribution in [2.24, 2.45) is 0 Å². The molecule has 1 aliphatic rings. The zero-order valence-corrected chi connectivity index (χ0v) is 12.3. The van der Waals surface area contributed by atoms with E-state index in [2.05, 4.69) is 5.32 Å². The first-order valence-corrected chi connectivity index (χ1v) is 7.90. The van der Waals surface area contributed by atoms with Gasteiger partial charge in [0.15, 0.2) is 0 Å². The van der Waals surface area contributed by atoms with Gasteiger partial charge in [-0.25, -0.2) is 17.2 Å². The van der Waals surface area contributed by atoms with Gasteiger partial charge in [0, 0.05) is 31.5 Å². The lowest BCUT2D eigenvalue weighted by molar-refractivity contribution is 0.126. The van der Waals surface area contributed by atoms with Crippen LogP contribution in [0.15, 0.2) is 17.2 Å². The number of halogens is 2. The predicted octanol–water partition coefficient (Wildman–Crippen LogP) is 1.43. The van der Waals surface area contributed by atoms with Gasteiger partial charge in [0.25, 0.3) is 6.43 Å². The van der Waals surface area contributed by atoms with Crippen LogP contribution in [0.3, 0.4) is 0 Å². The van der Waals surface area contributed by atoms with Crippen LogP contribution in [0.2, 0.25) is 0 Å². The molecule has 1 aromatic rings. The molecular formula is C12H19F2N3O2S. The average molecular weight is 307 g/mol. The summed E-state index contributed by atoms with van der Waals surface area (Å²) in [5.41, 5.74) is 0.860. The van der Waals surface area contributed by atoms with E-state index in [1.54, 1.807) is 19.3 Å². The second kappa shape index (κ2) is 5.79. The molecule has 1 saturated carbocycles. The van der Waals surface area contributed by atoms with Crippen LogP contribution in [0, 0.1) is 0 Å². The summed E-state index contributed by atoms with van der Waals surface area (Å²) in [6.07, 6.45) is 0.925. The molecule has 0 unspecified atom stereocenters. The Labute approximate surface area is 117 Å². The molecule has 2 rings (SSSR count). The highest BCUT2D eigenvalue weighted by Gasteiger charge is 2.30. The molecular weight excluding hydrogens is 288 g/mol. The van der Waals surface area contributed by atoms with E-state index in [0.29, 0.717) is 16.9 Å². The lowest BCUT2D eigenvalue weighted by atomic mass is 10.4. The van der Waals surface area contributed by atoms with Crippen molar-refractivity contribution in [1.29, 1.82) is 0 Å². The third kappa shape index (κ3) is 3.18. The van der Waals surface area contributed by atoms with Crippen LogP contribution in [0.25, 0.3) is 0 Å². The molecule has 0 amide bonds. The first-order chi connectivity index (χ1) is 9.36. The molecule has 1 N–H and O–H groups in total. The molecule has 1 aromatic heterocycles. The predicted molar refractivity (Wildman–Crippen MR) is 71.3 cm³/mol. The van der Waals surface area contributed by atoms with Crippen LogP contribution in [-0.2, 0) is 16.6 Å². The summed E-state index contributed by atoms with van der Waals surface area (Å²) in [6, 6.07) is 1.90. The van der Waals surface area contributed by atoms with Gasteiger partial charge in [-0.2, -0.15) is 4.31 Å². The summed E-state index contributed by atoms with van der Waals surface area (Å²) in [5, 5.41) is 2.98. The Morgan fingerprint density at radius 3 is 2.65 bits per heavy atom. The highest BCUT2D eigenvalue weighted by Crippen LogP contribution is 2.37. The van der Waals surface area contributed by atoms with E-state index in [9.17, 15) is 17.2 Å². The Hall–Kier alpha value is -0.990. The largest absolute Gasteiger partial charge is 0.346 e. The summed E-state index contributed by atoms with van der Waals surface area (Å²) in [5.74, 6) is 0. The zero-order valence-electron chi connectivity index (χ0n) is 11.5. The van der Waals surface area contributed by atoms with Crippen molar-refractivity contribution in [2.45, 2.75) is 36.7 Å². The molecule has 20 heavy (non-hydrogen) atoms. The number of alkyl halides is 2. The second-order valence-corrected chi connectivity index (χ2v) is 7.06. The van der Waals surface area contributed by atoms with Crippen molar-refractivity contribution in [1.82, 2.24) is 14.2 Å². The topological polar surface area (TPSA) is 54.3 Å². The highest BCUT2D eigenvalue weighted by molar-refractivity contribution is 7.89. The molecule has 1 heterocycles. The van der Waals surface area contributed by atoms with Gasteiger partial charge >= 0.3 is 0 Å². The van der Waals surface area contributed by atoms with Crippen LogP contribution < -0.4 is 5.32 Å². The lowest BCUT2D eigenvalue weighted by Gasteiger charge is -2.15. The van der Waals surface area contributed by atoms with Gasteiger partial charge in [0.2, 0.25) is 10.0 Å². The number of nitrogens with one attached hydrogen (secondary N) is 1. The van der Waals surface area contributed by atoms with Crippen LogP contribution in [0.5, 0.6) is 0 Å². The van der Waals surface area contributed by atoms with Gasteiger partial charge in [-0.1, -0.05) is 0 Å². The van der Waals surface area contributed by atoms with Crippen molar-refractivity contribution in [3.63, 3.8) is 0 Å². The fourth-order valence-corrected chi connectivity index (χ4v) is 3.33. The SMILES string of the molecule is CNCc1cc(S(=O)(=O)N(C)CC(F)F)cn1C1CC1. The summed E-state index contributed by atoms with van der Waals surface area (Å²) >= 11 is 0. The molecule has 114 valence electrons. The maximum absolute atomic E-state index is 12.4. The lowest BCUT2D eigenvalue weighted by Crippen LogP contribution is -2.31. The molecule has 1 fully saturated rings. The molecule has 0 bridgehead atoms. The molecule has 8 heteroatoms. The van der Waals surface area contributed by atoms with Crippen LogP contribution in [0.4, 0.5) is 8.78 Å². The van der Waals surface area contributed by atoms with Crippen LogP contribution in [-0.4, -0.2) is 44.4 Å².